The van der Waals surface area contributed by atoms with Gasteiger partial charge in [-0.2, -0.15) is 0 Å². The molecule has 0 saturated carbocycles. The number of nitrogens with zero attached hydrogens (tertiary/aromatic N) is 2. The van der Waals surface area contributed by atoms with Crippen molar-refractivity contribution >= 4 is 23.8 Å². The highest BCUT2D eigenvalue weighted by molar-refractivity contribution is 6.10. The molecule has 6 heteroatoms. The predicted molar refractivity (Wildman–Crippen MR) is 88.1 cm³/mol. The van der Waals surface area contributed by atoms with Crippen LogP contribution in [0, 0.1) is 0 Å². The highest BCUT2D eigenvalue weighted by Gasteiger charge is 2.10. The Kier molecular flexibility index (Phi) is 4.32. The van der Waals surface area contributed by atoms with Gasteiger partial charge in [0.2, 0.25) is 0 Å². The molecule has 1 aliphatic heterocycles. The van der Waals surface area contributed by atoms with Gasteiger partial charge in [0.15, 0.2) is 0 Å². The van der Waals surface area contributed by atoms with Gasteiger partial charge in [-0.15, -0.1) is 5.10 Å². The summed E-state index contributed by atoms with van der Waals surface area (Å²) in [6.45, 7) is 0. The first-order valence-corrected chi connectivity index (χ1v) is 7.14. The van der Waals surface area contributed by atoms with Crippen LogP contribution in [0.15, 0.2) is 64.2 Å². The topological polar surface area (TPSA) is 80.1 Å². The van der Waals surface area contributed by atoms with Gasteiger partial charge in [-0.05, 0) is 30.3 Å². The van der Waals surface area contributed by atoms with Crippen molar-refractivity contribution < 1.29 is 14.3 Å². The smallest absolute Gasteiger partial charge is 0.287 e. The van der Waals surface area contributed by atoms with E-state index in [9.17, 15) is 9.59 Å². The number of nitrogens with one attached hydrogen (secondary N) is 1. The third kappa shape index (κ3) is 3.29. The van der Waals surface area contributed by atoms with E-state index in [-0.39, 0.29) is 5.57 Å². The number of ether oxygens (including phenoxy) is 1. The number of para-hydroxylation sites is 1. The Bertz CT molecular complexity index is 1000. The van der Waals surface area contributed by atoms with Crippen LogP contribution in [0.3, 0.4) is 0 Å². The van der Waals surface area contributed by atoms with E-state index in [0.29, 0.717) is 16.7 Å². The maximum absolute atomic E-state index is 12.0. The van der Waals surface area contributed by atoms with Crippen LogP contribution in [0.2, 0.25) is 0 Å². The van der Waals surface area contributed by atoms with Crippen LogP contribution in [0.5, 0.6) is 5.75 Å². The summed E-state index contributed by atoms with van der Waals surface area (Å²) in [5.74, 6) is 2.21. The number of fused-ring (bicyclic) bond motifs is 1. The summed E-state index contributed by atoms with van der Waals surface area (Å²) < 4.78 is 5.06. The Morgan fingerprint density at radius 2 is 2.04 bits per heavy atom. The SMILES string of the molecule is COc1cccc(C(=O)NN=C=C2C=c3ccccc3=NC2=O)c1. The number of hydrogen-bond donors (Lipinski definition) is 1. The number of amides is 2. The molecule has 0 saturated heterocycles. The maximum Gasteiger partial charge on any atom is 0.287 e. The van der Waals surface area contributed by atoms with Crippen molar-refractivity contribution in [2.24, 2.45) is 10.1 Å². The lowest BCUT2D eigenvalue weighted by Gasteiger charge is -2.02. The van der Waals surface area contributed by atoms with E-state index in [2.05, 4.69) is 21.4 Å². The fraction of sp³-hybridized carbons (Fsp3) is 0.0556. The third-order valence-electron chi connectivity index (χ3n) is 3.35. The summed E-state index contributed by atoms with van der Waals surface area (Å²) in [6.07, 6.45) is 1.63. The van der Waals surface area contributed by atoms with Gasteiger partial charge in [-0.25, -0.2) is 10.4 Å². The largest absolute Gasteiger partial charge is 0.497 e. The van der Waals surface area contributed by atoms with Crippen molar-refractivity contribution in [3.8, 4) is 5.75 Å². The van der Waals surface area contributed by atoms with Crippen molar-refractivity contribution in [1.29, 1.82) is 0 Å². The molecule has 1 heterocycles. The second-order valence-electron chi connectivity index (χ2n) is 4.93. The van der Waals surface area contributed by atoms with E-state index < -0.39 is 11.8 Å². The summed E-state index contributed by atoms with van der Waals surface area (Å²) in [7, 11) is 1.52. The molecule has 0 spiro atoms. The summed E-state index contributed by atoms with van der Waals surface area (Å²) in [6, 6.07) is 13.9. The van der Waals surface area contributed by atoms with Gasteiger partial charge in [-0.1, -0.05) is 24.3 Å². The summed E-state index contributed by atoms with van der Waals surface area (Å²) in [4.78, 5) is 27.9. The molecule has 0 radical (unpaired) electrons. The standard InChI is InChI=1S/C18H13N3O3/c1-24-15-7-4-6-13(10-15)18(23)21-19-11-14-9-12-5-2-3-8-16(12)20-17(14)22/h2-10H,1H3,(H,21,23). The lowest BCUT2D eigenvalue weighted by molar-refractivity contribution is -0.114. The second kappa shape index (κ2) is 6.73. The van der Waals surface area contributed by atoms with Gasteiger partial charge >= 0.3 is 0 Å². The van der Waals surface area contributed by atoms with Crippen LogP contribution in [0.4, 0.5) is 0 Å². The van der Waals surface area contributed by atoms with Crippen LogP contribution in [-0.4, -0.2) is 24.8 Å². The molecule has 2 aromatic carbocycles. The number of carbonyl (C=O) groups is 2. The molecular weight excluding hydrogens is 306 g/mol. The molecule has 2 amide bonds. The highest BCUT2D eigenvalue weighted by atomic mass is 16.5. The Labute approximate surface area is 137 Å². The Balaban J connectivity index is 1.83. The predicted octanol–water partition coefficient (Wildman–Crippen LogP) is 0.577. The molecule has 0 aromatic heterocycles. The van der Waals surface area contributed by atoms with Crippen molar-refractivity contribution in [3.63, 3.8) is 0 Å². The summed E-state index contributed by atoms with van der Waals surface area (Å²) in [5.41, 5.74) is 2.89. The number of carbonyl (C=O) groups excluding carboxylic acids is 2. The number of rotatable bonds is 3. The summed E-state index contributed by atoms with van der Waals surface area (Å²) >= 11 is 0. The Hall–Kier alpha value is -3.50. The van der Waals surface area contributed by atoms with Gasteiger partial charge in [0, 0.05) is 16.7 Å². The molecule has 2 aromatic rings. The maximum atomic E-state index is 12.0. The first kappa shape index (κ1) is 15.4. The molecular formula is C18H13N3O3. The van der Waals surface area contributed by atoms with Gasteiger partial charge in [0.05, 0.1) is 12.5 Å². The van der Waals surface area contributed by atoms with Crippen LogP contribution in [-0.2, 0) is 4.79 Å². The van der Waals surface area contributed by atoms with Gasteiger partial charge in [0.25, 0.3) is 11.8 Å². The van der Waals surface area contributed by atoms with Crippen molar-refractivity contribution in [2.45, 2.75) is 0 Å². The first-order valence-electron chi connectivity index (χ1n) is 7.14. The fourth-order valence-corrected chi connectivity index (χ4v) is 2.15. The Morgan fingerprint density at radius 1 is 1.21 bits per heavy atom. The van der Waals surface area contributed by atoms with E-state index in [1.54, 1.807) is 42.5 Å². The average Bonchev–Trinajstić information content (AvgIpc) is 2.62. The molecule has 1 aliphatic rings. The third-order valence-corrected chi connectivity index (χ3v) is 3.35. The molecule has 0 bridgehead atoms. The van der Waals surface area contributed by atoms with E-state index in [1.165, 1.54) is 7.11 Å². The van der Waals surface area contributed by atoms with Gasteiger partial charge in [-0.3, -0.25) is 9.59 Å². The number of methoxy groups -OCH3 is 1. The minimum Gasteiger partial charge on any atom is -0.497 e. The lowest BCUT2D eigenvalue weighted by atomic mass is 10.1. The van der Waals surface area contributed by atoms with E-state index >= 15 is 0 Å². The van der Waals surface area contributed by atoms with Crippen molar-refractivity contribution in [3.05, 3.63) is 70.2 Å². The molecule has 0 atom stereocenters. The zero-order chi connectivity index (χ0) is 16.9. The van der Waals surface area contributed by atoms with Crippen molar-refractivity contribution in [2.75, 3.05) is 7.11 Å². The molecule has 0 fully saturated rings. The van der Waals surface area contributed by atoms with Crippen LogP contribution in [0.1, 0.15) is 10.4 Å². The van der Waals surface area contributed by atoms with Gasteiger partial charge in [0.1, 0.15) is 11.3 Å². The molecule has 0 unspecified atom stereocenters. The second-order valence-corrected chi connectivity index (χ2v) is 4.93. The normalized spacial score (nSPS) is 12.2. The molecule has 0 aliphatic carbocycles. The van der Waals surface area contributed by atoms with E-state index in [4.69, 9.17) is 4.74 Å². The zero-order valence-electron chi connectivity index (χ0n) is 12.8. The minimum absolute atomic E-state index is 0.180. The van der Waals surface area contributed by atoms with Crippen LogP contribution < -0.4 is 20.7 Å². The first-order chi connectivity index (χ1) is 11.7. The van der Waals surface area contributed by atoms with E-state index in [0.717, 1.165) is 5.22 Å². The number of benzene rings is 2. The number of hydrazone groups is 1. The fourth-order valence-electron chi connectivity index (χ4n) is 2.15. The minimum atomic E-state index is -0.451. The number of hydrogen-bond acceptors (Lipinski definition) is 4. The zero-order valence-corrected chi connectivity index (χ0v) is 12.8. The molecule has 118 valence electrons. The van der Waals surface area contributed by atoms with Gasteiger partial charge < -0.3 is 4.74 Å². The highest BCUT2D eigenvalue weighted by Crippen LogP contribution is 2.12. The van der Waals surface area contributed by atoms with Crippen LogP contribution >= 0.6 is 0 Å². The molecule has 1 N–H and O–H groups in total. The quantitative estimate of drug-likeness (QED) is 0.510. The lowest BCUT2D eigenvalue weighted by Crippen LogP contribution is -2.30. The molecule has 6 nitrogen and oxygen atoms in total. The van der Waals surface area contributed by atoms with Crippen molar-refractivity contribution in [1.82, 2.24) is 5.43 Å². The van der Waals surface area contributed by atoms with E-state index in [1.807, 2.05) is 12.1 Å². The Morgan fingerprint density at radius 3 is 2.88 bits per heavy atom. The summed E-state index contributed by atoms with van der Waals surface area (Å²) in [5, 5.41) is 5.12. The molecule has 3 rings (SSSR count). The monoisotopic (exact) mass is 319 g/mol. The average molecular weight is 319 g/mol. The van der Waals surface area contributed by atoms with Crippen LogP contribution in [0.25, 0.3) is 6.08 Å². The molecule has 24 heavy (non-hydrogen) atoms.